The molecule has 0 aromatic carbocycles. The van der Waals surface area contributed by atoms with Gasteiger partial charge >= 0.3 is 0 Å². The molecule has 0 aliphatic carbocycles. The molecule has 0 fully saturated rings. The molecule has 1 aromatic rings. The Hall–Kier alpha value is -1.40. The molecule has 1 amide bonds. The maximum absolute atomic E-state index is 11.3. The SMILES string of the molecule is CCOCC(=O)Nc1nc(Cl)cc(OC)n1. The maximum Gasteiger partial charge on any atom is 0.252 e. The molecule has 0 atom stereocenters. The van der Waals surface area contributed by atoms with Crippen molar-refractivity contribution in [1.82, 2.24) is 9.97 Å². The second kappa shape index (κ2) is 6.24. The lowest BCUT2D eigenvalue weighted by Gasteiger charge is -2.05. The highest BCUT2D eigenvalue weighted by atomic mass is 35.5. The largest absolute Gasteiger partial charge is 0.481 e. The topological polar surface area (TPSA) is 73.3 Å². The summed E-state index contributed by atoms with van der Waals surface area (Å²) in [6.07, 6.45) is 0. The van der Waals surface area contributed by atoms with Crippen molar-refractivity contribution in [2.45, 2.75) is 6.92 Å². The molecule has 1 heterocycles. The predicted molar refractivity (Wildman–Crippen MR) is 58.7 cm³/mol. The summed E-state index contributed by atoms with van der Waals surface area (Å²) in [5, 5.41) is 2.63. The number of aromatic nitrogens is 2. The molecule has 7 heteroatoms. The van der Waals surface area contributed by atoms with Crippen molar-refractivity contribution in [3.63, 3.8) is 0 Å². The van der Waals surface area contributed by atoms with E-state index in [1.54, 1.807) is 6.92 Å². The van der Waals surface area contributed by atoms with E-state index in [0.717, 1.165) is 0 Å². The van der Waals surface area contributed by atoms with E-state index < -0.39 is 0 Å². The van der Waals surface area contributed by atoms with Crippen LogP contribution in [0.15, 0.2) is 6.07 Å². The van der Waals surface area contributed by atoms with Gasteiger partial charge in [0.25, 0.3) is 5.91 Å². The van der Waals surface area contributed by atoms with E-state index in [1.807, 2.05) is 0 Å². The number of carbonyl (C=O) groups excluding carboxylic acids is 1. The summed E-state index contributed by atoms with van der Waals surface area (Å²) < 4.78 is 9.80. The van der Waals surface area contributed by atoms with E-state index in [9.17, 15) is 4.79 Å². The monoisotopic (exact) mass is 245 g/mol. The summed E-state index contributed by atoms with van der Waals surface area (Å²) in [6, 6.07) is 1.44. The molecular weight excluding hydrogens is 234 g/mol. The Labute approximate surface area is 97.9 Å². The van der Waals surface area contributed by atoms with E-state index in [2.05, 4.69) is 15.3 Å². The van der Waals surface area contributed by atoms with Gasteiger partial charge < -0.3 is 9.47 Å². The lowest BCUT2D eigenvalue weighted by Crippen LogP contribution is -2.19. The van der Waals surface area contributed by atoms with E-state index in [4.69, 9.17) is 21.1 Å². The number of nitrogens with zero attached hydrogens (tertiary/aromatic N) is 2. The first-order chi connectivity index (χ1) is 7.65. The number of methoxy groups -OCH3 is 1. The zero-order chi connectivity index (χ0) is 12.0. The summed E-state index contributed by atoms with van der Waals surface area (Å²) in [7, 11) is 1.45. The first kappa shape index (κ1) is 12.7. The Kier molecular flexibility index (Phi) is 4.94. The van der Waals surface area contributed by atoms with Gasteiger partial charge in [-0.2, -0.15) is 4.98 Å². The van der Waals surface area contributed by atoms with Crippen molar-refractivity contribution in [3.8, 4) is 5.88 Å². The Balaban J connectivity index is 2.65. The Bertz CT molecular complexity index is 373. The van der Waals surface area contributed by atoms with E-state index in [0.29, 0.717) is 6.61 Å². The van der Waals surface area contributed by atoms with Crippen LogP contribution in [0.2, 0.25) is 5.15 Å². The second-order valence-corrected chi connectivity index (χ2v) is 3.13. The van der Waals surface area contributed by atoms with Crippen molar-refractivity contribution < 1.29 is 14.3 Å². The van der Waals surface area contributed by atoms with Gasteiger partial charge in [-0.3, -0.25) is 10.1 Å². The number of anilines is 1. The van der Waals surface area contributed by atoms with Gasteiger partial charge in [-0.1, -0.05) is 11.6 Å². The van der Waals surface area contributed by atoms with Crippen LogP contribution in [0.4, 0.5) is 5.95 Å². The maximum atomic E-state index is 11.3. The Morgan fingerprint density at radius 3 is 2.94 bits per heavy atom. The summed E-state index contributed by atoms with van der Waals surface area (Å²) in [5.74, 6) is 0.0342. The van der Waals surface area contributed by atoms with E-state index in [-0.39, 0.29) is 29.5 Å². The predicted octanol–water partition coefficient (Wildman–Crippen LogP) is 1.11. The fourth-order valence-corrected chi connectivity index (χ4v) is 1.09. The lowest BCUT2D eigenvalue weighted by molar-refractivity contribution is -0.120. The highest BCUT2D eigenvalue weighted by Crippen LogP contribution is 2.15. The smallest absolute Gasteiger partial charge is 0.252 e. The quantitative estimate of drug-likeness (QED) is 0.787. The highest BCUT2D eigenvalue weighted by Gasteiger charge is 2.07. The van der Waals surface area contributed by atoms with Crippen LogP contribution >= 0.6 is 11.6 Å². The van der Waals surface area contributed by atoms with Gasteiger partial charge in [0.2, 0.25) is 11.8 Å². The van der Waals surface area contributed by atoms with Gasteiger partial charge in [-0.25, -0.2) is 4.98 Å². The molecule has 1 N–H and O–H groups in total. The number of hydrogen-bond donors (Lipinski definition) is 1. The third kappa shape index (κ3) is 4.00. The second-order valence-electron chi connectivity index (χ2n) is 2.74. The number of halogens is 1. The zero-order valence-corrected chi connectivity index (χ0v) is 9.74. The average molecular weight is 246 g/mol. The third-order valence-corrected chi connectivity index (χ3v) is 1.76. The van der Waals surface area contributed by atoms with Crippen molar-refractivity contribution in [3.05, 3.63) is 11.2 Å². The molecule has 88 valence electrons. The van der Waals surface area contributed by atoms with Crippen molar-refractivity contribution in [2.24, 2.45) is 0 Å². The first-order valence-corrected chi connectivity index (χ1v) is 4.99. The van der Waals surface area contributed by atoms with E-state index in [1.165, 1.54) is 13.2 Å². The van der Waals surface area contributed by atoms with Crippen molar-refractivity contribution >= 4 is 23.5 Å². The number of rotatable bonds is 5. The van der Waals surface area contributed by atoms with Crippen molar-refractivity contribution in [2.75, 3.05) is 25.6 Å². The van der Waals surface area contributed by atoms with Gasteiger partial charge in [0, 0.05) is 12.7 Å². The summed E-state index contributed by atoms with van der Waals surface area (Å²) >= 11 is 5.70. The van der Waals surface area contributed by atoms with Crippen LogP contribution in [0.3, 0.4) is 0 Å². The van der Waals surface area contributed by atoms with Crippen LogP contribution in [0.1, 0.15) is 6.92 Å². The van der Waals surface area contributed by atoms with Crippen LogP contribution < -0.4 is 10.1 Å². The number of ether oxygens (including phenoxy) is 2. The molecule has 0 unspecified atom stereocenters. The lowest BCUT2D eigenvalue weighted by atomic mass is 10.6. The number of amides is 1. The summed E-state index contributed by atoms with van der Waals surface area (Å²) in [4.78, 5) is 19.0. The molecule has 0 bridgehead atoms. The van der Waals surface area contributed by atoms with Crippen LogP contribution in [-0.4, -0.2) is 36.2 Å². The summed E-state index contributed by atoms with van der Waals surface area (Å²) in [5.41, 5.74) is 0. The number of nitrogens with one attached hydrogen (secondary N) is 1. The van der Waals surface area contributed by atoms with Crippen LogP contribution in [0.25, 0.3) is 0 Å². The number of carbonyl (C=O) groups is 1. The average Bonchev–Trinajstić information content (AvgIpc) is 2.25. The van der Waals surface area contributed by atoms with Crippen LogP contribution in [-0.2, 0) is 9.53 Å². The van der Waals surface area contributed by atoms with Gasteiger partial charge in [0.05, 0.1) is 7.11 Å². The fraction of sp³-hybridized carbons (Fsp3) is 0.444. The van der Waals surface area contributed by atoms with Crippen LogP contribution in [0.5, 0.6) is 5.88 Å². The highest BCUT2D eigenvalue weighted by molar-refractivity contribution is 6.29. The molecule has 0 radical (unpaired) electrons. The van der Waals surface area contributed by atoms with Crippen molar-refractivity contribution in [1.29, 1.82) is 0 Å². The minimum Gasteiger partial charge on any atom is -0.481 e. The Morgan fingerprint density at radius 1 is 1.56 bits per heavy atom. The molecule has 0 spiro atoms. The van der Waals surface area contributed by atoms with Gasteiger partial charge in [-0.05, 0) is 6.92 Å². The van der Waals surface area contributed by atoms with Gasteiger partial charge in [0.15, 0.2) is 0 Å². The van der Waals surface area contributed by atoms with Gasteiger partial charge in [0.1, 0.15) is 11.8 Å². The number of hydrogen-bond acceptors (Lipinski definition) is 5. The minimum atomic E-state index is -0.342. The summed E-state index contributed by atoms with van der Waals surface area (Å²) in [6.45, 7) is 2.22. The van der Waals surface area contributed by atoms with E-state index >= 15 is 0 Å². The molecule has 0 saturated carbocycles. The molecule has 6 nitrogen and oxygen atoms in total. The normalized spacial score (nSPS) is 9.94. The molecule has 16 heavy (non-hydrogen) atoms. The standard InChI is InChI=1S/C9H12ClN3O3/c1-3-16-5-7(14)12-9-11-6(10)4-8(13-9)15-2/h4H,3,5H2,1-2H3,(H,11,12,13,14). The third-order valence-electron chi connectivity index (χ3n) is 1.57. The zero-order valence-electron chi connectivity index (χ0n) is 8.99. The molecular formula is C9H12ClN3O3. The first-order valence-electron chi connectivity index (χ1n) is 4.62. The van der Waals surface area contributed by atoms with Gasteiger partial charge in [-0.15, -0.1) is 0 Å². The Morgan fingerprint density at radius 2 is 2.31 bits per heavy atom. The minimum absolute atomic E-state index is 0.0469. The van der Waals surface area contributed by atoms with Crippen LogP contribution in [0, 0.1) is 0 Å². The molecule has 1 rings (SSSR count). The molecule has 1 aromatic heterocycles. The molecule has 0 saturated heterocycles. The fourth-order valence-electron chi connectivity index (χ4n) is 0.913. The molecule has 0 aliphatic rings. The molecule has 0 aliphatic heterocycles.